The Balaban J connectivity index is 2.15. The molecule has 0 aliphatic rings. The molecule has 1 N–H and O–H groups in total. The molecule has 0 aliphatic carbocycles. The monoisotopic (exact) mass is 204 g/mol. The van der Waals surface area contributed by atoms with Gasteiger partial charge in [-0.15, -0.1) is 11.3 Å². The molecular formula is C12H12OS. The Morgan fingerprint density at radius 1 is 1.07 bits per heavy atom. The fraction of sp³-hybridized carbons (Fsp3) is 0.167. The van der Waals surface area contributed by atoms with E-state index in [1.165, 1.54) is 15.3 Å². The fourth-order valence-corrected chi connectivity index (χ4v) is 2.32. The standard InChI is InChI=1S/C12H12OS/c1-9-2-7-12(14-9)8-10-3-5-11(13)6-4-10/h2-7,13H,8H2,1H3. The highest BCUT2D eigenvalue weighted by atomic mass is 32.1. The van der Waals surface area contributed by atoms with Crippen molar-refractivity contribution in [3.63, 3.8) is 0 Å². The SMILES string of the molecule is Cc1ccc(Cc2ccc(O)cc2)s1. The molecule has 0 unspecified atom stereocenters. The van der Waals surface area contributed by atoms with Crippen molar-refractivity contribution in [2.24, 2.45) is 0 Å². The summed E-state index contributed by atoms with van der Waals surface area (Å²) in [5, 5.41) is 9.13. The van der Waals surface area contributed by atoms with Crippen molar-refractivity contribution in [2.75, 3.05) is 0 Å². The summed E-state index contributed by atoms with van der Waals surface area (Å²) < 4.78 is 0. The van der Waals surface area contributed by atoms with Crippen LogP contribution in [0.4, 0.5) is 0 Å². The molecule has 1 aromatic heterocycles. The molecule has 1 nitrogen and oxygen atoms in total. The van der Waals surface area contributed by atoms with Gasteiger partial charge in [0, 0.05) is 16.2 Å². The molecule has 0 saturated heterocycles. The summed E-state index contributed by atoms with van der Waals surface area (Å²) in [4.78, 5) is 2.71. The quantitative estimate of drug-likeness (QED) is 0.795. The van der Waals surface area contributed by atoms with Gasteiger partial charge in [0.2, 0.25) is 0 Å². The molecular weight excluding hydrogens is 192 g/mol. The van der Waals surface area contributed by atoms with Crippen molar-refractivity contribution in [1.29, 1.82) is 0 Å². The second-order valence-corrected chi connectivity index (χ2v) is 4.73. The molecule has 2 rings (SSSR count). The predicted molar refractivity (Wildman–Crippen MR) is 60.0 cm³/mol. The number of aryl methyl sites for hydroxylation is 1. The minimum atomic E-state index is 0.330. The van der Waals surface area contributed by atoms with E-state index in [4.69, 9.17) is 5.11 Å². The van der Waals surface area contributed by atoms with Crippen LogP contribution in [-0.4, -0.2) is 5.11 Å². The molecule has 0 bridgehead atoms. The molecule has 1 heterocycles. The summed E-state index contributed by atoms with van der Waals surface area (Å²) in [6.07, 6.45) is 0.957. The summed E-state index contributed by atoms with van der Waals surface area (Å²) in [6, 6.07) is 11.7. The predicted octanol–water partition coefficient (Wildman–Crippen LogP) is 3.35. The number of phenols is 1. The van der Waals surface area contributed by atoms with Crippen LogP contribution in [0.1, 0.15) is 15.3 Å². The smallest absolute Gasteiger partial charge is 0.115 e. The van der Waals surface area contributed by atoms with E-state index in [2.05, 4.69) is 19.1 Å². The minimum Gasteiger partial charge on any atom is -0.508 e. The van der Waals surface area contributed by atoms with E-state index in [-0.39, 0.29) is 0 Å². The number of thiophene rings is 1. The third-order valence-corrected chi connectivity index (χ3v) is 3.11. The second kappa shape index (κ2) is 3.84. The number of rotatable bonds is 2. The maximum Gasteiger partial charge on any atom is 0.115 e. The molecule has 2 heteroatoms. The molecule has 0 aliphatic heterocycles. The summed E-state index contributed by atoms with van der Waals surface area (Å²) in [5.74, 6) is 0.330. The molecule has 2 aromatic rings. The second-order valence-electron chi connectivity index (χ2n) is 3.36. The highest BCUT2D eigenvalue weighted by molar-refractivity contribution is 7.11. The minimum absolute atomic E-state index is 0.330. The van der Waals surface area contributed by atoms with E-state index in [1.54, 1.807) is 12.1 Å². The average Bonchev–Trinajstić information content (AvgIpc) is 2.56. The first-order chi connectivity index (χ1) is 6.74. The van der Waals surface area contributed by atoms with E-state index in [9.17, 15) is 0 Å². The van der Waals surface area contributed by atoms with Crippen LogP contribution in [-0.2, 0) is 6.42 Å². The maximum atomic E-state index is 9.13. The topological polar surface area (TPSA) is 20.2 Å². The molecule has 0 amide bonds. The first kappa shape index (κ1) is 9.28. The zero-order valence-corrected chi connectivity index (χ0v) is 8.84. The third-order valence-electron chi connectivity index (χ3n) is 2.11. The highest BCUT2D eigenvalue weighted by Crippen LogP contribution is 2.20. The van der Waals surface area contributed by atoms with Crippen molar-refractivity contribution >= 4 is 11.3 Å². The van der Waals surface area contributed by atoms with Crippen LogP contribution >= 0.6 is 11.3 Å². The molecule has 0 saturated carbocycles. The van der Waals surface area contributed by atoms with Gasteiger partial charge in [0.1, 0.15) is 5.75 Å². The average molecular weight is 204 g/mol. The van der Waals surface area contributed by atoms with Crippen molar-refractivity contribution in [3.05, 3.63) is 51.7 Å². The Bertz CT molecular complexity index is 414. The number of benzene rings is 1. The molecule has 0 radical (unpaired) electrons. The highest BCUT2D eigenvalue weighted by Gasteiger charge is 1.98. The van der Waals surface area contributed by atoms with Crippen LogP contribution in [0.15, 0.2) is 36.4 Å². The number of hydrogen-bond acceptors (Lipinski definition) is 2. The van der Waals surface area contributed by atoms with Crippen LogP contribution in [0.25, 0.3) is 0 Å². The number of phenolic OH excluding ortho intramolecular Hbond substituents is 1. The normalized spacial score (nSPS) is 10.4. The third kappa shape index (κ3) is 2.15. The van der Waals surface area contributed by atoms with Crippen molar-refractivity contribution in [2.45, 2.75) is 13.3 Å². The van der Waals surface area contributed by atoms with Crippen molar-refractivity contribution < 1.29 is 5.11 Å². The summed E-state index contributed by atoms with van der Waals surface area (Å²) >= 11 is 1.82. The van der Waals surface area contributed by atoms with Gasteiger partial charge in [0.15, 0.2) is 0 Å². The Morgan fingerprint density at radius 3 is 2.36 bits per heavy atom. The Morgan fingerprint density at radius 2 is 1.79 bits per heavy atom. The lowest BCUT2D eigenvalue weighted by atomic mass is 10.1. The molecule has 1 aromatic carbocycles. The Labute approximate surface area is 87.7 Å². The lowest BCUT2D eigenvalue weighted by Gasteiger charge is -1.98. The van der Waals surface area contributed by atoms with Crippen LogP contribution in [0.5, 0.6) is 5.75 Å². The zero-order valence-electron chi connectivity index (χ0n) is 8.03. The van der Waals surface area contributed by atoms with Gasteiger partial charge in [-0.3, -0.25) is 0 Å². The van der Waals surface area contributed by atoms with Gasteiger partial charge in [-0.2, -0.15) is 0 Å². The maximum absolute atomic E-state index is 9.13. The first-order valence-corrected chi connectivity index (χ1v) is 5.39. The molecule has 0 fully saturated rings. The number of hydrogen-bond donors (Lipinski definition) is 1. The van der Waals surface area contributed by atoms with Gasteiger partial charge < -0.3 is 5.11 Å². The molecule has 72 valence electrons. The van der Waals surface area contributed by atoms with Crippen molar-refractivity contribution in [3.8, 4) is 5.75 Å². The number of aromatic hydroxyl groups is 1. The van der Waals surface area contributed by atoms with Crippen LogP contribution in [0.3, 0.4) is 0 Å². The van der Waals surface area contributed by atoms with Gasteiger partial charge in [0.05, 0.1) is 0 Å². The van der Waals surface area contributed by atoms with Gasteiger partial charge in [-0.05, 0) is 36.8 Å². The van der Waals surface area contributed by atoms with E-state index < -0.39 is 0 Å². The van der Waals surface area contributed by atoms with Gasteiger partial charge in [-0.25, -0.2) is 0 Å². The van der Waals surface area contributed by atoms with E-state index in [0.29, 0.717) is 5.75 Å². The largest absolute Gasteiger partial charge is 0.508 e. The first-order valence-electron chi connectivity index (χ1n) is 4.57. The van der Waals surface area contributed by atoms with Crippen LogP contribution in [0, 0.1) is 6.92 Å². The van der Waals surface area contributed by atoms with Gasteiger partial charge >= 0.3 is 0 Å². The van der Waals surface area contributed by atoms with E-state index in [1.807, 2.05) is 23.5 Å². The van der Waals surface area contributed by atoms with Crippen LogP contribution < -0.4 is 0 Å². The van der Waals surface area contributed by atoms with E-state index in [0.717, 1.165) is 6.42 Å². The summed E-state index contributed by atoms with van der Waals surface area (Å²) in [7, 11) is 0. The van der Waals surface area contributed by atoms with E-state index >= 15 is 0 Å². The van der Waals surface area contributed by atoms with Crippen LogP contribution in [0.2, 0.25) is 0 Å². The lowest BCUT2D eigenvalue weighted by Crippen LogP contribution is -1.82. The lowest BCUT2D eigenvalue weighted by molar-refractivity contribution is 0.475. The summed E-state index contributed by atoms with van der Waals surface area (Å²) in [5.41, 5.74) is 1.24. The van der Waals surface area contributed by atoms with Crippen molar-refractivity contribution in [1.82, 2.24) is 0 Å². The Hall–Kier alpha value is -1.28. The van der Waals surface area contributed by atoms with Gasteiger partial charge in [0.25, 0.3) is 0 Å². The van der Waals surface area contributed by atoms with Gasteiger partial charge in [-0.1, -0.05) is 12.1 Å². The molecule has 14 heavy (non-hydrogen) atoms. The fourth-order valence-electron chi connectivity index (χ4n) is 1.40. The molecule has 0 atom stereocenters. The Kier molecular flexibility index (Phi) is 2.55. The zero-order chi connectivity index (χ0) is 9.97. The summed E-state index contributed by atoms with van der Waals surface area (Å²) in [6.45, 7) is 2.12. The molecule has 0 spiro atoms.